The van der Waals surface area contributed by atoms with Gasteiger partial charge in [0.2, 0.25) is 0 Å². The van der Waals surface area contributed by atoms with Gasteiger partial charge in [-0.15, -0.1) is 0 Å². The molecule has 1 N–H and O–H groups in total. The van der Waals surface area contributed by atoms with E-state index >= 15 is 0 Å². The van der Waals surface area contributed by atoms with Crippen LogP contribution in [0.1, 0.15) is 37.9 Å². The Morgan fingerprint density at radius 3 is 2.60 bits per heavy atom. The van der Waals surface area contributed by atoms with E-state index in [2.05, 4.69) is 52.4 Å². The van der Waals surface area contributed by atoms with Crippen LogP contribution >= 0.6 is 15.9 Å². The molecule has 0 amide bonds. The molecule has 0 radical (unpaired) electrons. The van der Waals surface area contributed by atoms with Crippen LogP contribution in [0, 0.1) is 0 Å². The van der Waals surface area contributed by atoms with Crippen LogP contribution in [0.5, 0.6) is 0 Å². The third-order valence-corrected chi connectivity index (χ3v) is 3.83. The molecule has 3 nitrogen and oxygen atoms in total. The van der Waals surface area contributed by atoms with Crippen molar-refractivity contribution >= 4 is 15.9 Å². The average molecular weight is 342 g/mol. The van der Waals surface area contributed by atoms with Crippen LogP contribution in [0.15, 0.2) is 28.7 Å². The molecule has 0 aromatic heterocycles. The number of rotatable bonds is 10. The molecule has 112 valence electrons. The minimum atomic E-state index is 0.105. The van der Waals surface area contributed by atoms with E-state index in [0.29, 0.717) is 19.3 Å². The first-order valence-corrected chi connectivity index (χ1v) is 8.27. The van der Waals surface area contributed by atoms with Crippen molar-refractivity contribution in [3.63, 3.8) is 0 Å². The molecule has 1 unspecified atom stereocenters. The number of nitrogens with one attached hydrogen (secondary N) is 1. The van der Waals surface area contributed by atoms with Gasteiger partial charge in [-0.05, 0) is 37.0 Å². The fraction of sp³-hybridized carbons (Fsp3) is 0.625. The second-order valence-electron chi connectivity index (χ2n) is 5.21. The lowest BCUT2D eigenvalue weighted by molar-refractivity contribution is 0.00411. The largest absolute Gasteiger partial charge is 0.379 e. The zero-order valence-corrected chi connectivity index (χ0v) is 13.7. The zero-order valence-electron chi connectivity index (χ0n) is 12.1. The first-order chi connectivity index (χ1) is 9.79. The van der Waals surface area contributed by atoms with Crippen LogP contribution in [0.25, 0.3) is 0 Å². The van der Waals surface area contributed by atoms with Crippen LogP contribution in [-0.4, -0.2) is 32.4 Å². The fourth-order valence-corrected chi connectivity index (χ4v) is 2.27. The van der Waals surface area contributed by atoms with Crippen molar-refractivity contribution in [3.8, 4) is 0 Å². The van der Waals surface area contributed by atoms with Crippen LogP contribution in [0.3, 0.4) is 0 Å². The molecule has 1 aliphatic carbocycles. The predicted molar refractivity (Wildman–Crippen MR) is 85.0 cm³/mol. The monoisotopic (exact) mass is 341 g/mol. The molecular formula is C16H24BrNO2. The summed E-state index contributed by atoms with van der Waals surface area (Å²) in [5.74, 6) is 0. The van der Waals surface area contributed by atoms with Gasteiger partial charge in [0, 0.05) is 23.7 Å². The van der Waals surface area contributed by atoms with Gasteiger partial charge < -0.3 is 14.8 Å². The van der Waals surface area contributed by atoms with Crippen LogP contribution < -0.4 is 5.32 Å². The van der Waals surface area contributed by atoms with E-state index in [1.54, 1.807) is 0 Å². The lowest BCUT2D eigenvalue weighted by atomic mass is 10.1. The van der Waals surface area contributed by atoms with E-state index in [4.69, 9.17) is 9.47 Å². The van der Waals surface area contributed by atoms with Gasteiger partial charge in [-0.2, -0.15) is 0 Å². The first kappa shape index (κ1) is 16.0. The van der Waals surface area contributed by atoms with Crippen molar-refractivity contribution in [1.82, 2.24) is 5.32 Å². The molecule has 0 aliphatic heterocycles. The smallest absolute Gasteiger partial charge is 0.0950 e. The molecule has 20 heavy (non-hydrogen) atoms. The predicted octanol–water partition coefficient (Wildman–Crippen LogP) is 3.69. The molecule has 2 rings (SSSR count). The van der Waals surface area contributed by atoms with Crippen molar-refractivity contribution in [2.45, 2.75) is 38.3 Å². The number of halogens is 1. The van der Waals surface area contributed by atoms with Crippen LogP contribution in [0.2, 0.25) is 0 Å². The number of hydrogen-bond acceptors (Lipinski definition) is 3. The van der Waals surface area contributed by atoms with Gasteiger partial charge in [0.05, 0.1) is 19.3 Å². The Hall–Kier alpha value is -0.420. The summed E-state index contributed by atoms with van der Waals surface area (Å²) >= 11 is 3.47. The van der Waals surface area contributed by atoms with E-state index < -0.39 is 0 Å². The molecule has 4 heteroatoms. The highest BCUT2D eigenvalue weighted by atomic mass is 79.9. The topological polar surface area (TPSA) is 30.5 Å². The summed E-state index contributed by atoms with van der Waals surface area (Å²) in [6.45, 7) is 5.12. The highest BCUT2D eigenvalue weighted by molar-refractivity contribution is 9.10. The molecular weight excluding hydrogens is 318 g/mol. The summed E-state index contributed by atoms with van der Waals surface area (Å²) in [5, 5.41) is 3.54. The van der Waals surface area contributed by atoms with E-state index in [0.717, 1.165) is 24.0 Å². The molecule has 1 saturated carbocycles. The van der Waals surface area contributed by atoms with E-state index in [1.165, 1.54) is 18.4 Å². The molecule has 0 saturated heterocycles. The summed E-state index contributed by atoms with van der Waals surface area (Å²) in [6, 6.07) is 9.08. The van der Waals surface area contributed by atoms with E-state index in [1.807, 2.05) is 0 Å². The quantitative estimate of drug-likeness (QED) is 0.658. The second kappa shape index (κ2) is 8.78. The Morgan fingerprint density at radius 1 is 1.20 bits per heavy atom. The molecule has 1 fully saturated rings. The third-order valence-electron chi connectivity index (χ3n) is 3.31. The maximum Gasteiger partial charge on any atom is 0.0950 e. The fourth-order valence-electron chi connectivity index (χ4n) is 2.01. The van der Waals surface area contributed by atoms with E-state index in [9.17, 15) is 0 Å². The highest BCUT2D eigenvalue weighted by Gasteiger charge is 2.22. The number of benzene rings is 1. The van der Waals surface area contributed by atoms with Gasteiger partial charge in [0.15, 0.2) is 0 Å². The minimum absolute atomic E-state index is 0.105. The number of hydrogen-bond donors (Lipinski definition) is 1. The Labute approximate surface area is 130 Å². The normalized spacial score (nSPS) is 16.3. The lowest BCUT2D eigenvalue weighted by Gasteiger charge is -2.19. The van der Waals surface area contributed by atoms with Crippen molar-refractivity contribution in [1.29, 1.82) is 0 Å². The summed E-state index contributed by atoms with van der Waals surface area (Å²) in [4.78, 5) is 0. The third kappa shape index (κ3) is 5.92. The first-order valence-electron chi connectivity index (χ1n) is 7.47. The number of ether oxygens (including phenoxy) is 2. The summed E-state index contributed by atoms with van der Waals surface area (Å²) in [5.41, 5.74) is 1.22. The van der Waals surface area contributed by atoms with Gasteiger partial charge >= 0.3 is 0 Å². The van der Waals surface area contributed by atoms with Gasteiger partial charge in [-0.1, -0.05) is 35.0 Å². The summed E-state index contributed by atoms with van der Waals surface area (Å²) in [7, 11) is 0. The summed E-state index contributed by atoms with van der Waals surface area (Å²) < 4.78 is 12.6. The second-order valence-corrected chi connectivity index (χ2v) is 6.12. The maximum atomic E-state index is 5.99. The standard InChI is InChI=1S/C16H24BrNO2/c1-2-9-19-10-11-20-16(12-18-15-7-8-15)13-3-5-14(17)6-4-13/h3-6,15-16,18H,2,7-12H2,1H3. The van der Waals surface area contributed by atoms with Gasteiger partial charge in [-0.25, -0.2) is 0 Å². The van der Waals surface area contributed by atoms with Gasteiger partial charge in [-0.3, -0.25) is 0 Å². The van der Waals surface area contributed by atoms with Crippen molar-refractivity contribution in [3.05, 3.63) is 34.3 Å². The Bertz CT molecular complexity index is 379. The minimum Gasteiger partial charge on any atom is -0.379 e. The summed E-state index contributed by atoms with van der Waals surface area (Å²) in [6.07, 6.45) is 3.76. The van der Waals surface area contributed by atoms with Crippen molar-refractivity contribution in [2.75, 3.05) is 26.4 Å². The SMILES string of the molecule is CCCOCCOC(CNC1CC1)c1ccc(Br)cc1. The zero-order chi connectivity index (χ0) is 14.2. The van der Waals surface area contributed by atoms with Gasteiger partial charge in [0.1, 0.15) is 0 Å². The molecule has 1 aromatic rings. The molecule has 1 aliphatic rings. The lowest BCUT2D eigenvalue weighted by Crippen LogP contribution is -2.26. The Morgan fingerprint density at radius 2 is 1.95 bits per heavy atom. The van der Waals surface area contributed by atoms with Gasteiger partial charge in [0.25, 0.3) is 0 Å². The van der Waals surface area contributed by atoms with Crippen LogP contribution in [-0.2, 0) is 9.47 Å². The molecule has 0 spiro atoms. The highest BCUT2D eigenvalue weighted by Crippen LogP contribution is 2.23. The van der Waals surface area contributed by atoms with E-state index in [-0.39, 0.29) is 6.10 Å². The van der Waals surface area contributed by atoms with Crippen molar-refractivity contribution in [2.24, 2.45) is 0 Å². The molecule has 1 aromatic carbocycles. The Kier molecular flexibility index (Phi) is 7.00. The molecule has 0 bridgehead atoms. The molecule has 1 atom stereocenters. The Balaban J connectivity index is 1.80. The maximum absolute atomic E-state index is 5.99. The molecule has 0 heterocycles. The van der Waals surface area contributed by atoms with Crippen LogP contribution in [0.4, 0.5) is 0 Å². The average Bonchev–Trinajstić information content (AvgIpc) is 3.27. The van der Waals surface area contributed by atoms with Crippen molar-refractivity contribution < 1.29 is 9.47 Å².